The summed E-state index contributed by atoms with van der Waals surface area (Å²) in [6.45, 7) is 5.64. The van der Waals surface area contributed by atoms with Gasteiger partial charge in [0.2, 0.25) is 11.8 Å². The predicted molar refractivity (Wildman–Crippen MR) is 149 cm³/mol. The van der Waals surface area contributed by atoms with Crippen molar-refractivity contribution in [2.24, 2.45) is 0 Å². The number of hydrogen-bond acceptors (Lipinski definition) is 6. The minimum atomic E-state index is -0.367. The molecule has 0 aliphatic heterocycles. The van der Waals surface area contributed by atoms with Crippen molar-refractivity contribution in [1.82, 2.24) is 4.98 Å². The first-order valence-electron chi connectivity index (χ1n) is 11.9. The average Bonchev–Trinajstić information content (AvgIpc) is 2.89. The smallest absolute Gasteiger partial charge is 0.248 e. The van der Waals surface area contributed by atoms with E-state index in [4.69, 9.17) is 21.1 Å². The van der Waals surface area contributed by atoms with Crippen molar-refractivity contribution in [1.29, 1.82) is 0 Å². The number of pyridine rings is 1. The van der Waals surface area contributed by atoms with E-state index in [9.17, 15) is 9.59 Å². The largest absolute Gasteiger partial charge is 0.493 e. The van der Waals surface area contributed by atoms with Crippen molar-refractivity contribution < 1.29 is 19.1 Å². The zero-order valence-electron chi connectivity index (χ0n) is 21.6. The molecule has 0 bridgehead atoms. The van der Waals surface area contributed by atoms with E-state index in [0.717, 1.165) is 16.8 Å². The number of carbonyl (C=O) groups excluding carboxylic acids is 2. The Kier molecular flexibility index (Phi) is 9.51. The van der Waals surface area contributed by atoms with Gasteiger partial charge in [0.05, 0.1) is 25.6 Å². The third-order valence-electron chi connectivity index (χ3n) is 5.60. The lowest BCUT2D eigenvalue weighted by Gasteiger charge is -2.15. The molecule has 0 unspecified atom stereocenters. The van der Waals surface area contributed by atoms with Gasteiger partial charge >= 0.3 is 0 Å². The van der Waals surface area contributed by atoms with Crippen LogP contribution in [0.5, 0.6) is 11.5 Å². The summed E-state index contributed by atoms with van der Waals surface area (Å²) in [4.78, 5) is 29.2. The van der Waals surface area contributed by atoms with E-state index in [2.05, 4.69) is 20.9 Å². The highest BCUT2D eigenvalue weighted by Crippen LogP contribution is 2.35. The van der Waals surface area contributed by atoms with Crippen LogP contribution in [0.15, 0.2) is 48.7 Å². The zero-order valence-corrected chi connectivity index (χ0v) is 22.3. The molecule has 0 atom stereocenters. The number of nitrogens with one attached hydrogen (secondary N) is 3. The summed E-state index contributed by atoms with van der Waals surface area (Å²) in [5.74, 6) is 1.27. The van der Waals surface area contributed by atoms with E-state index >= 15 is 0 Å². The number of carbonyl (C=O) groups is 2. The van der Waals surface area contributed by atoms with Crippen LogP contribution in [0, 0.1) is 6.92 Å². The fourth-order valence-electron chi connectivity index (χ4n) is 3.69. The van der Waals surface area contributed by atoms with Crippen LogP contribution >= 0.6 is 11.6 Å². The first kappa shape index (κ1) is 27.5. The van der Waals surface area contributed by atoms with Gasteiger partial charge in [0.1, 0.15) is 5.82 Å². The van der Waals surface area contributed by atoms with Gasteiger partial charge in [-0.1, -0.05) is 25.4 Å². The lowest BCUT2D eigenvalue weighted by molar-refractivity contribution is -0.116. The quantitative estimate of drug-likeness (QED) is 0.267. The molecule has 9 heteroatoms. The van der Waals surface area contributed by atoms with Crippen LogP contribution in [-0.4, -0.2) is 31.0 Å². The Morgan fingerprint density at radius 2 is 1.81 bits per heavy atom. The second-order valence-electron chi connectivity index (χ2n) is 8.16. The Bertz CT molecular complexity index is 1320. The van der Waals surface area contributed by atoms with Crippen LogP contribution in [0.2, 0.25) is 5.02 Å². The number of aryl methyl sites for hydroxylation is 2. The molecule has 194 valence electrons. The van der Waals surface area contributed by atoms with Crippen molar-refractivity contribution in [2.45, 2.75) is 33.6 Å². The molecule has 0 saturated heterocycles. The standard InChI is InChI=1S/C28H31ClN4O4/c1-6-18-14-22(23(16-21(18)29)32-25(34)7-2)33-26(35)11-10-19-9-8-12-30-28(19)31-20-13-17(3)27(37-5)24(15-20)36-4/h8-16H,6-7H2,1-5H3,(H,30,31)(H,32,34)(H,33,35)/b11-10+. The molecule has 3 N–H and O–H groups in total. The number of amides is 2. The monoisotopic (exact) mass is 522 g/mol. The molecule has 3 aromatic rings. The Labute approximate surface area is 222 Å². The fourth-order valence-corrected chi connectivity index (χ4v) is 3.99. The van der Waals surface area contributed by atoms with Gasteiger partial charge in [-0.3, -0.25) is 9.59 Å². The minimum absolute atomic E-state index is 0.178. The van der Waals surface area contributed by atoms with Crippen LogP contribution in [0.1, 0.15) is 37.0 Å². The van der Waals surface area contributed by atoms with Gasteiger partial charge in [0.25, 0.3) is 0 Å². The second-order valence-corrected chi connectivity index (χ2v) is 8.57. The molecule has 0 fully saturated rings. The summed E-state index contributed by atoms with van der Waals surface area (Å²) in [6.07, 6.45) is 5.72. The van der Waals surface area contributed by atoms with E-state index < -0.39 is 0 Å². The molecule has 2 amide bonds. The summed E-state index contributed by atoms with van der Waals surface area (Å²) in [5, 5.41) is 9.44. The van der Waals surface area contributed by atoms with E-state index in [1.807, 2.05) is 32.0 Å². The molecule has 0 aliphatic carbocycles. The number of nitrogens with zero attached hydrogens (tertiary/aromatic N) is 1. The highest BCUT2D eigenvalue weighted by molar-refractivity contribution is 6.32. The highest BCUT2D eigenvalue weighted by Gasteiger charge is 2.13. The number of ether oxygens (including phenoxy) is 2. The van der Waals surface area contributed by atoms with Crippen molar-refractivity contribution in [3.63, 3.8) is 0 Å². The topological polar surface area (TPSA) is 102 Å². The number of methoxy groups -OCH3 is 2. The number of halogens is 1. The average molecular weight is 523 g/mol. The molecule has 0 aliphatic rings. The normalized spacial score (nSPS) is 10.8. The molecule has 1 aromatic heterocycles. The van der Waals surface area contributed by atoms with Crippen LogP contribution in [0.4, 0.5) is 22.9 Å². The third kappa shape index (κ3) is 7.01. The Hall–Kier alpha value is -4.04. The number of benzene rings is 2. The summed E-state index contributed by atoms with van der Waals surface area (Å²) < 4.78 is 10.9. The molecule has 3 rings (SSSR count). The summed E-state index contributed by atoms with van der Waals surface area (Å²) in [6, 6.07) is 10.8. The fraction of sp³-hybridized carbons (Fsp3) is 0.250. The van der Waals surface area contributed by atoms with Gasteiger partial charge < -0.3 is 25.4 Å². The first-order chi connectivity index (χ1) is 17.8. The second kappa shape index (κ2) is 12.8. The Morgan fingerprint density at radius 3 is 2.49 bits per heavy atom. The van der Waals surface area contributed by atoms with Crippen LogP contribution < -0.4 is 25.4 Å². The summed E-state index contributed by atoms with van der Waals surface area (Å²) in [5.41, 5.74) is 4.15. The van der Waals surface area contributed by atoms with E-state index in [0.29, 0.717) is 52.1 Å². The predicted octanol–water partition coefficient (Wildman–Crippen LogP) is 6.37. The van der Waals surface area contributed by atoms with Gasteiger partial charge in [-0.2, -0.15) is 0 Å². The molecular weight excluding hydrogens is 492 g/mol. The van der Waals surface area contributed by atoms with Crippen LogP contribution in [0.3, 0.4) is 0 Å². The number of hydrogen-bond donors (Lipinski definition) is 3. The molecule has 8 nitrogen and oxygen atoms in total. The number of rotatable bonds is 10. The molecule has 1 heterocycles. The van der Waals surface area contributed by atoms with Gasteiger partial charge in [0, 0.05) is 41.0 Å². The number of aromatic nitrogens is 1. The maximum absolute atomic E-state index is 12.8. The zero-order chi connectivity index (χ0) is 26.9. The number of anilines is 4. The van der Waals surface area contributed by atoms with Gasteiger partial charge in [0.15, 0.2) is 11.5 Å². The maximum atomic E-state index is 12.8. The van der Waals surface area contributed by atoms with E-state index in [-0.39, 0.29) is 11.8 Å². The van der Waals surface area contributed by atoms with Crippen molar-refractivity contribution >= 4 is 52.4 Å². The van der Waals surface area contributed by atoms with Gasteiger partial charge in [-0.25, -0.2) is 4.98 Å². The lowest BCUT2D eigenvalue weighted by Crippen LogP contribution is -2.15. The third-order valence-corrected chi connectivity index (χ3v) is 5.95. The van der Waals surface area contributed by atoms with Crippen molar-refractivity contribution in [3.05, 3.63) is 70.4 Å². The van der Waals surface area contributed by atoms with Crippen molar-refractivity contribution in [2.75, 3.05) is 30.2 Å². The molecule has 0 radical (unpaired) electrons. The van der Waals surface area contributed by atoms with Gasteiger partial charge in [-0.05, 0) is 60.9 Å². The minimum Gasteiger partial charge on any atom is -0.493 e. The highest BCUT2D eigenvalue weighted by atomic mass is 35.5. The van der Waals surface area contributed by atoms with Gasteiger partial charge in [-0.15, -0.1) is 0 Å². The Morgan fingerprint density at radius 1 is 1.05 bits per heavy atom. The summed E-state index contributed by atoms with van der Waals surface area (Å²) in [7, 11) is 3.18. The van der Waals surface area contributed by atoms with Crippen molar-refractivity contribution in [3.8, 4) is 11.5 Å². The lowest BCUT2D eigenvalue weighted by atomic mass is 10.1. The van der Waals surface area contributed by atoms with E-state index in [1.54, 1.807) is 51.6 Å². The van der Waals surface area contributed by atoms with Crippen LogP contribution in [-0.2, 0) is 16.0 Å². The molecule has 0 spiro atoms. The van der Waals surface area contributed by atoms with Crippen LogP contribution in [0.25, 0.3) is 6.08 Å². The molecular formula is C28H31ClN4O4. The van der Waals surface area contributed by atoms with E-state index in [1.165, 1.54) is 6.08 Å². The molecule has 0 saturated carbocycles. The Balaban J connectivity index is 1.83. The SMILES string of the molecule is CCC(=O)Nc1cc(Cl)c(CC)cc1NC(=O)/C=C/c1cccnc1Nc1cc(C)c(OC)c(OC)c1. The molecule has 2 aromatic carbocycles. The first-order valence-corrected chi connectivity index (χ1v) is 12.2. The maximum Gasteiger partial charge on any atom is 0.248 e. The summed E-state index contributed by atoms with van der Waals surface area (Å²) >= 11 is 6.33. The molecule has 37 heavy (non-hydrogen) atoms.